The predicted octanol–water partition coefficient (Wildman–Crippen LogP) is -1.07. The molecule has 2 unspecified atom stereocenters. The molecule has 0 aliphatic carbocycles. The van der Waals surface area contributed by atoms with Crippen LogP contribution in [0.4, 0.5) is 0 Å². The largest absolute Gasteiger partial charge is 0.477 e. The molecular formula is C15H20N2O7S2. The van der Waals surface area contributed by atoms with Crippen LogP contribution in [0.1, 0.15) is 19.8 Å². The van der Waals surface area contributed by atoms with Gasteiger partial charge in [-0.25, -0.2) is 13.2 Å². The van der Waals surface area contributed by atoms with E-state index in [0.717, 1.165) is 4.90 Å². The van der Waals surface area contributed by atoms with Crippen molar-refractivity contribution >= 4 is 39.4 Å². The number of hydrogen-bond donors (Lipinski definition) is 3. The highest BCUT2D eigenvalue weighted by Gasteiger charge is 2.64. The van der Waals surface area contributed by atoms with Crippen molar-refractivity contribution in [1.82, 2.24) is 10.2 Å². The summed E-state index contributed by atoms with van der Waals surface area (Å²) in [6.07, 6.45) is 0.259. The lowest BCUT2D eigenvalue weighted by atomic mass is 9.74. The first kappa shape index (κ1) is 19.2. The van der Waals surface area contributed by atoms with E-state index in [1.54, 1.807) is 0 Å². The molecule has 0 saturated carbocycles. The van der Waals surface area contributed by atoms with Gasteiger partial charge in [0.15, 0.2) is 9.84 Å². The molecule has 3 atom stereocenters. The number of aliphatic carboxylic acids is 1. The van der Waals surface area contributed by atoms with Crippen molar-refractivity contribution in [3.8, 4) is 0 Å². The minimum atomic E-state index is -3.39. The number of carboxylic acids is 1. The molecule has 0 aromatic carbocycles. The standard InChI is InChI=1S/C15H20N2O7S2/c1-8(18)16-3-4-25-10-6-9-11(13(19)17(9)12(10)14(20)21)15(22)2-5-26(23,24)7-15/h9,11,22H,2-7H2,1H3,(H,16,18)(H,20,21)/t9-,11?,15?/m1/s1. The number of fused-ring (bicyclic) bond motifs is 1. The monoisotopic (exact) mass is 404 g/mol. The molecule has 0 radical (unpaired) electrons. The molecule has 2 amide bonds. The Labute approximate surface area is 154 Å². The molecule has 144 valence electrons. The van der Waals surface area contributed by atoms with Gasteiger partial charge in [0.2, 0.25) is 11.8 Å². The first-order valence-electron chi connectivity index (χ1n) is 8.15. The Balaban J connectivity index is 1.74. The third-order valence-corrected chi connectivity index (χ3v) is 7.85. The number of rotatable bonds is 6. The molecule has 0 bridgehead atoms. The molecule has 2 fully saturated rings. The van der Waals surface area contributed by atoms with Gasteiger partial charge >= 0.3 is 5.97 Å². The van der Waals surface area contributed by atoms with Gasteiger partial charge in [0.25, 0.3) is 0 Å². The van der Waals surface area contributed by atoms with Crippen molar-refractivity contribution in [1.29, 1.82) is 0 Å². The second kappa shape index (κ2) is 6.54. The molecule has 0 aromatic heterocycles. The first-order chi connectivity index (χ1) is 12.1. The highest BCUT2D eigenvalue weighted by atomic mass is 32.2. The Morgan fingerprint density at radius 3 is 2.65 bits per heavy atom. The molecule has 3 rings (SSSR count). The minimum absolute atomic E-state index is 0.0104. The lowest BCUT2D eigenvalue weighted by Crippen LogP contribution is -2.67. The maximum Gasteiger partial charge on any atom is 0.353 e. The summed E-state index contributed by atoms with van der Waals surface area (Å²) in [4.78, 5) is 36.7. The summed E-state index contributed by atoms with van der Waals surface area (Å²) in [7, 11) is -3.39. The SMILES string of the molecule is CC(=O)NCCSC1=C(C(=O)O)N2C(=O)C(C3(O)CCS(=O)(=O)C3)[C@H]2C1. The summed E-state index contributed by atoms with van der Waals surface area (Å²) in [5.41, 5.74) is -1.73. The third kappa shape index (κ3) is 3.23. The zero-order valence-corrected chi connectivity index (χ0v) is 15.7. The van der Waals surface area contributed by atoms with Crippen LogP contribution < -0.4 is 5.32 Å². The second-order valence-corrected chi connectivity index (χ2v) is 10.2. The van der Waals surface area contributed by atoms with E-state index in [1.165, 1.54) is 18.7 Å². The Morgan fingerprint density at radius 1 is 1.42 bits per heavy atom. The van der Waals surface area contributed by atoms with E-state index in [-0.39, 0.29) is 30.2 Å². The Kier molecular flexibility index (Phi) is 4.82. The van der Waals surface area contributed by atoms with Crippen molar-refractivity contribution in [2.75, 3.05) is 23.8 Å². The molecule has 2 saturated heterocycles. The van der Waals surface area contributed by atoms with Crippen LogP contribution in [-0.2, 0) is 24.2 Å². The summed E-state index contributed by atoms with van der Waals surface area (Å²) in [5.74, 6) is -3.04. The Morgan fingerprint density at radius 2 is 2.12 bits per heavy atom. The number of nitrogens with zero attached hydrogens (tertiary/aromatic N) is 1. The molecule has 11 heteroatoms. The summed E-state index contributed by atoms with van der Waals surface area (Å²) in [5, 5.41) is 22.8. The molecule has 3 aliphatic heterocycles. The molecule has 3 N–H and O–H groups in total. The van der Waals surface area contributed by atoms with E-state index < -0.39 is 45.0 Å². The number of carboxylic acid groups (broad SMARTS) is 1. The fourth-order valence-corrected chi connectivity index (χ4v) is 6.85. The average molecular weight is 404 g/mol. The maximum absolute atomic E-state index is 12.5. The normalized spacial score (nSPS) is 32.4. The average Bonchev–Trinajstić information content (AvgIpc) is 2.98. The van der Waals surface area contributed by atoms with Gasteiger partial charge in [0, 0.05) is 30.5 Å². The topological polar surface area (TPSA) is 141 Å². The fraction of sp³-hybridized carbons (Fsp3) is 0.667. The molecule has 3 aliphatic rings. The minimum Gasteiger partial charge on any atom is -0.477 e. The van der Waals surface area contributed by atoms with Gasteiger partial charge in [-0.3, -0.25) is 9.59 Å². The van der Waals surface area contributed by atoms with E-state index in [9.17, 15) is 33.0 Å². The fourth-order valence-electron chi connectivity index (χ4n) is 3.89. The van der Waals surface area contributed by atoms with Crippen molar-refractivity contribution in [2.45, 2.75) is 31.4 Å². The van der Waals surface area contributed by atoms with Gasteiger partial charge in [-0.15, -0.1) is 11.8 Å². The van der Waals surface area contributed by atoms with Crippen LogP contribution in [0, 0.1) is 5.92 Å². The molecule has 9 nitrogen and oxygen atoms in total. The lowest BCUT2D eigenvalue weighted by molar-refractivity contribution is -0.170. The molecule has 26 heavy (non-hydrogen) atoms. The van der Waals surface area contributed by atoms with Crippen LogP contribution in [0.5, 0.6) is 0 Å². The number of carbonyl (C=O) groups excluding carboxylic acids is 2. The zero-order chi connectivity index (χ0) is 19.3. The number of nitrogens with one attached hydrogen (secondary N) is 1. The number of aliphatic hydroxyl groups is 1. The van der Waals surface area contributed by atoms with Crippen LogP contribution in [0.25, 0.3) is 0 Å². The van der Waals surface area contributed by atoms with Crippen LogP contribution >= 0.6 is 11.8 Å². The highest BCUT2D eigenvalue weighted by Crippen LogP contribution is 2.51. The molecule has 0 aromatic rings. The number of β-lactam (4-membered cyclic amide) rings is 1. The Hall–Kier alpha value is -1.59. The molecular weight excluding hydrogens is 384 g/mol. The Bertz CT molecular complexity index is 807. The van der Waals surface area contributed by atoms with Crippen molar-refractivity contribution in [3.63, 3.8) is 0 Å². The smallest absolute Gasteiger partial charge is 0.353 e. The summed E-state index contributed by atoms with van der Waals surface area (Å²) in [6.45, 7) is 1.74. The summed E-state index contributed by atoms with van der Waals surface area (Å²) >= 11 is 1.25. The van der Waals surface area contributed by atoms with Crippen LogP contribution in [0.2, 0.25) is 0 Å². The van der Waals surface area contributed by atoms with Gasteiger partial charge in [0.05, 0.1) is 29.1 Å². The second-order valence-electron chi connectivity index (χ2n) is 6.81. The van der Waals surface area contributed by atoms with Crippen LogP contribution in [0.15, 0.2) is 10.6 Å². The van der Waals surface area contributed by atoms with E-state index in [0.29, 0.717) is 17.2 Å². The summed E-state index contributed by atoms with van der Waals surface area (Å²) < 4.78 is 23.5. The van der Waals surface area contributed by atoms with Gasteiger partial charge in [-0.2, -0.15) is 0 Å². The van der Waals surface area contributed by atoms with Crippen molar-refractivity contribution in [3.05, 3.63) is 10.6 Å². The van der Waals surface area contributed by atoms with Crippen molar-refractivity contribution in [2.24, 2.45) is 5.92 Å². The van der Waals surface area contributed by atoms with Gasteiger partial charge < -0.3 is 20.4 Å². The molecule has 0 spiro atoms. The van der Waals surface area contributed by atoms with Crippen LogP contribution in [-0.4, -0.2) is 76.8 Å². The number of thioether (sulfide) groups is 1. The van der Waals surface area contributed by atoms with E-state index >= 15 is 0 Å². The maximum atomic E-state index is 12.5. The predicted molar refractivity (Wildman–Crippen MR) is 92.8 cm³/mol. The number of amides is 2. The number of sulfone groups is 1. The highest BCUT2D eigenvalue weighted by molar-refractivity contribution is 8.03. The third-order valence-electron chi connectivity index (χ3n) is 4.97. The molecule has 3 heterocycles. The van der Waals surface area contributed by atoms with Gasteiger partial charge in [0.1, 0.15) is 5.70 Å². The number of hydrogen-bond acceptors (Lipinski definition) is 7. The van der Waals surface area contributed by atoms with Gasteiger partial charge in [-0.05, 0) is 6.42 Å². The number of carbonyl (C=O) groups is 3. The quantitative estimate of drug-likeness (QED) is 0.375. The van der Waals surface area contributed by atoms with Crippen LogP contribution in [0.3, 0.4) is 0 Å². The zero-order valence-electron chi connectivity index (χ0n) is 14.1. The lowest BCUT2D eigenvalue weighted by Gasteiger charge is -2.49. The van der Waals surface area contributed by atoms with E-state index in [1.807, 2.05) is 0 Å². The van der Waals surface area contributed by atoms with Crippen molar-refractivity contribution < 1.29 is 33.0 Å². The van der Waals surface area contributed by atoms with E-state index in [2.05, 4.69) is 5.32 Å². The van der Waals surface area contributed by atoms with E-state index in [4.69, 9.17) is 0 Å². The first-order valence-corrected chi connectivity index (χ1v) is 11.0. The van der Waals surface area contributed by atoms with Gasteiger partial charge in [-0.1, -0.05) is 0 Å². The summed E-state index contributed by atoms with van der Waals surface area (Å²) in [6, 6.07) is -0.532.